The normalized spacial score (nSPS) is 10.8. The van der Waals surface area contributed by atoms with Gasteiger partial charge in [-0.3, -0.25) is 0 Å². The molecule has 0 saturated carbocycles. The summed E-state index contributed by atoms with van der Waals surface area (Å²) in [6, 6.07) is 1.29. The number of aliphatic hydroxyl groups is 1. The number of nitrogens with zero attached hydrogens (tertiary/aromatic N) is 3. The largest absolute Gasteiger partial charge is 0.390 e. The molecule has 1 N–H and O–H groups in total. The Bertz CT molecular complexity index is 319. The van der Waals surface area contributed by atoms with Crippen LogP contribution >= 0.6 is 0 Å². The average molecular weight is 185 g/mol. The van der Waals surface area contributed by atoms with E-state index < -0.39 is 4.92 Å². The smallest absolute Gasteiger partial charge is 0.390 e. The van der Waals surface area contributed by atoms with Crippen LogP contribution in [0.4, 0.5) is 5.82 Å². The van der Waals surface area contributed by atoms with Crippen LogP contribution in [0.3, 0.4) is 0 Å². The highest BCUT2D eigenvalue weighted by Crippen LogP contribution is 2.15. The molecule has 6 nitrogen and oxygen atoms in total. The first-order valence-corrected chi connectivity index (χ1v) is 3.90. The number of aromatic nitrogens is 2. The van der Waals surface area contributed by atoms with Crippen molar-refractivity contribution in [1.82, 2.24) is 9.78 Å². The van der Waals surface area contributed by atoms with Crippen LogP contribution in [0.5, 0.6) is 0 Å². The van der Waals surface area contributed by atoms with Crippen LogP contribution in [0.25, 0.3) is 0 Å². The number of nitro groups is 1. The molecule has 6 heteroatoms. The number of hydrogen-bond donors (Lipinski definition) is 1. The third-order valence-electron chi connectivity index (χ3n) is 1.64. The lowest BCUT2D eigenvalue weighted by atomic mass is 10.3. The van der Waals surface area contributed by atoms with E-state index in [1.807, 2.05) is 13.8 Å². The van der Waals surface area contributed by atoms with Gasteiger partial charge in [0, 0.05) is 0 Å². The Morgan fingerprint density at radius 3 is 2.69 bits per heavy atom. The fraction of sp³-hybridized carbons (Fsp3) is 0.571. The zero-order chi connectivity index (χ0) is 10.0. The zero-order valence-corrected chi connectivity index (χ0v) is 7.47. The lowest BCUT2D eigenvalue weighted by Gasteiger charge is -2.02. The fourth-order valence-corrected chi connectivity index (χ4v) is 1.07. The molecule has 0 aliphatic rings. The number of aliphatic hydroxyl groups excluding tert-OH is 1. The number of rotatable bonds is 3. The maximum atomic E-state index is 10.4. The molecule has 13 heavy (non-hydrogen) atoms. The highest BCUT2D eigenvalue weighted by atomic mass is 16.6. The van der Waals surface area contributed by atoms with Crippen LogP contribution in [-0.2, 0) is 6.61 Å². The summed E-state index contributed by atoms with van der Waals surface area (Å²) in [6.45, 7) is 3.45. The molecule has 0 bridgehead atoms. The van der Waals surface area contributed by atoms with Crippen LogP contribution in [0.1, 0.15) is 25.6 Å². The highest BCUT2D eigenvalue weighted by Gasteiger charge is 2.18. The fourth-order valence-electron chi connectivity index (χ4n) is 1.07. The second-order valence-corrected chi connectivity index (χ2v) is 2.95. The van der Waals surface area contributed by atoms with Crippen molar-refractivity contribution in [2.24, 2.45) is 0 Å². The summed E-state index contributed by atoms with van der Waals surface area (Å²) in [5.41, 5.74) is 0.460. The van der Waals surface area contributed by atoms with Crippen molar-refractivity contribution in [2.75, 3.05) is 0 Å². The number of hydrogen-bond acceptors (Lipinski definition) is 4. The van der Waals surface area contributed by atoms with Gasteiger partial charge in [-0.05, 0) is 18.8 Å². The van der Waals surface area contributed by atoms with Crippen LogP contribution in [-0.4, -0.2) is 19.8 Å². The standard InChI is InChI=1S/C7H11N3O3/c1-5(2)9-6(4-11)3-7(8-9)10(12)13/h3,5,11H,4H2,1-2H3. The molecule has 0 atom stereocenters. The summed E-state index contributed by atoms with van der Waals surface area (Å²) in [5.74, 6) is -0.224. The Morgan fingerprint density at radius 1 is 1.77 bits per heavy atom. The minimum absolute atomic E-state index is 0.0100. The van der Waals surface area contributed by atoms with Gasteiger partial charge in [-0.1, -0.05) is 0 Å². The van der Waals surface area contributed by atoms with Gasteiger partial charge >= 0.3 is 5.82 Å². The van der Waals surface area contributed by atoms with E-state index in [-0.39, 0.29) is 18.5 Å². The van der Waals surface area contributed by atoms with Crippen molar-refractivity contribution in [1.29, 1.82) is 0 Å². The van der Waals surface area contributed by atoms with Crippen LogP contribution in [0, 0.1) is 10.1 Å². The van der Waals surface area contributed by atoms with Gasteiger partial charge in [0.25, 0.3) is 0 Å². The van der Waals surface area contributed by atoms with Crippen molar-refractivity contribution in [3.05, 3.63) is 21.9 Å². The average Bonchev–Trinajstić information content (AvgIpc) is 2.47. The maximum Gasteiger partial charge on any atom is 0.390 e. The summed E-state index contributed by atoms with van der Waals surface area (Å²) in [4.78, 5) is 9.78. The van der Waals surface area contributed by atoms with Gasteiger partial charge in [0.15, 0.2) is 0 Å². The van der Waals surface area contributed by atoms with E-state index >= 15 is 0 Å². The van der Waals surface area contributed by atoms with E-state index in [4.69, 9.17) is 5.11 Å². The summed E-state index contributed by atoms with van der Waals surface area (Å²) in [5, 5.41) is 23.0. The van der Waals surface area contributed by atoms with Gasteiger partial charge in [-0.15, -0.1) is 0 Å². The van der Waals surface area contributed by atoms with Gasteiger partial charge in [0.1, 0.15) is 0 Å². The highest BCUT2D eigenvalue weighted by molar-refractivity contribution is 5.21. The first-order chi connectivity index (χ1) is 6.06. The van der Waals surface area contributed by atoms with Crippen molar-refractivity contribution in [3.8, 4) is 0 Å². The second-order valence-electron chi connectivity index (χ2n) is 2.95. The van der Waals surface area contributed by atoms with Crippen LogP contribution in [0.15, 0.2) is 6.07 Å². The molecule has 0 amide bonds. The maximum absolute atomic E-state index is 10.4. The Labute approximate surface area is 74.9 Å². The first-order valence-electron chi connectivity index (χ1n) is 3.90. The van der Waals surface area contributed by atoms with E-state index in [2.05, 4.69) is 5.10 Å². The van der Waals surface area contributed by atoms with Gasteiger partial charge in [0.2, 0.25) is 0 Å². The van der Waals surface area contributed by atoms with Crippen molar-refractivity contribution < 1.29 is 10.0 Å². The molecule has 0 saturated heterocycles. The molecule has 1 heterocycles. The minimum atomic E-state index is -0.571. The second kappa shape index (κ2) is 3.53. The molecule has 0 aliphatic heterocycles. The molecule has 1 aromatic rings. The lowest BCUT2D eigenvalue weighted by molar-refractivity contribution is -0.389. The van der Waals surface area contributed by atoms with E-state index in [0.29, 0.717) is 5.69 Å². The third-order valence-corrected chi connectivity index (χ3v) is 1.64. The van der Waals surface area contributed by atoms with Crippen molar-refractivity contribution >= 4 is 5.82 Å². The zero-order valence-electron chi connectivity index (χ0n) is 7.47. The Kier molecular flexibility index (Phi) is 2.62. The van der Waals surface area contributed by atoms with Gasteiger partial charge in [0.05, 0.1) is 29.5 Å². The van der Waals surface area contributed by atoms with E-state index in [1.54, 1.807) is 0 Å². The van der Waals surface area contributed by atoms with Crippen LogP contribution < -0.4 is 0 Å². The molecule has 72 valence electrons. The summed E-state index contributed by atoms with van der Waals surface area (Å²) in [6.07, 6.45) is 0. The van der Waals surface area contributed by atoms with Crippen molar-refractivity contribution in [2.45, 2.75) is 26.5 Å². The van der Waals surface area contributed by atoms with Crippen LogP contribution in [0.2, 0.25) is 0 Å². The summed E-state index contributed by atoms with van der Waals surface area (Å²) >= 11 is 0. The monoisotopic (exact) mass is 185 g/mol. The predicted octanol–water partition coefficient (Wildman–Crippen LogP) is 0.864. The van der Waals surface area contributed by atoms with E-state index in [0.717, 1.165) is 0 Å². The lowest BCUT2D eigenvalue weighted by Crippen LogP contribution is -2.07. The molecule has 0 fully saturated rings. The minimum Gasteiger partial charge on any atom is -0.390 e. The SMILES string of the molecule is CC(C)n1nc([N+](=O)[O-])cc1CO. The molecule has 1 aromatic heterocycles. The molecule has 0 radical (unpaired) electrons. The molecule has 0 aromatic carbocycles. The Balaban J connectivity index is 3.11. The van der Waals surface area contributed by atoms with Gasteiger partial charge < -0.3 is 15.2 Å². The third kappa shape index (κ3) is 1.83. The quantitative estimate of drug-likeness (QED) is 0.559. The molecular weight excluding hydrogens is 174 g/mol. The Morgan fingerprint density at radius 2 is 2.38 bits per heavy atom. The molecular formula is C7H11N3O3. The molecule has 0 aliphatic carbocycles. The Hall–Kier alpha value is -1.43. The van der Waals surface area contributed by atoms with Gasteiger partial charge in [-0.2, -0.15) is 4.68 Å². The molecule has 0 unspecified atom stereocenters. The van der Waals surface area contributed by atoms with E-state index in [9.17, 15) is 10.1 Å². The molecule has 1 rings (SSSR count). The predicted molar refractivity (Wildman–Crippen MR) is 45.2 cm³/mol. The topological polar surface area (TPSA) is 81.2 Å². The van der Waals surface area contributed by atoms with Gasteiger partial charge in [-0.25, -0.2) is 0 Å². The van der Waals surface area contributed by atoms with E-state index in [1.165, 1.54) is 10.7 Å². The first kappa shape index (κ1) is 9.66. The van der Waals surface area contributed by atoms with Crippen molar-refractivity contribution in [3.63, 3.8) is 0 Å². The summed E-state index contributed by atoms with van der Waals surface area (Å²) in [7, 11) is 0. The molecule has 0 spiro atoms. The summed E-state index contributed by atoms with van der Waals surface area (Å²) < 4.78 is 1.44.